The van der Waals surface area contributed by atoms with Gasteiger partial charge in [0.1, 0.15) is 0 Å². The van der Waals surface area contributed by atoms with Crippen LogP contribution in [0.5, 0.6) is 0 Å². The highest BCUT2D eigenvalue weighted by atomic mass is 32.1. The molecule has 0 radical (unpaired) electrons. The SMILES string of the molecule is COC1(C(NN)c2sccc2C)CCCC(C)C1. The van der Waals surface area contributed by atoms with Crippen molar-refractivity contribution in [3.63, 3.8) is 0 Å². The summed E-state index contributed by atoms with van der Waals surface area (Å²) in [5.74, 6) is 6.55. The quantitative estimate of drug-likeness (QED) is 0.651. The first-order valence-electron chi connectivity index (χ1n) is 6.68. The first-order valence-corrected chi connectivity index (χ1v) is 7.56. The molecule has 1 aromatic rings. The van der Waals surface area contributed by atoms with E-state index in [2.05, 4.69) is 30.7 Å². The minimum Gasteiger partial charge on any atom is -0.376 e. The molecule has 0 amide bonds. The molecule has 18 heavy (non-hydrogen) atoms. The third-order valence-electron chi connectivity index (χ3n) is 4.25. The Balaban J connectivity index is 2.32. The zero-order valence-electron chi connectivity index (χ0n) is 11.5. The summed E-state index contributed by atoms with van der Waals surface area (Å²) < 4.78 is 5.95. The van der Waals surface area contributed by atoms with Gasteiger partial charge in [0.25, 0.3) is 0 Å². The molecule has 1 heterocycles. The number of hydrogen-bond acceptors (Lipinski definition) is 4. The van der Waals surface area contributed by atoms with Gasteiger partial charge in [-0.1, -0.05) is 19.8 Å². The summed E-state index contributed by atoms with van der Waals surface area (Å²) in [5.41, 5.74) is 4.17. The third-order valence-corrected chi connectivity index (χ3v) is 5.34. The Morgan fingerprint density at radius 3 is 2.89 bits per heavy atom. The first kappa shape index (κ1) is 14.0. The van der Waals surface area contributed by atoms with E-state index in [0.717, 1.165) is 12.8 Å². The first-order chi connectivity index (χ1) is 8.63. The van der Waals surface area contributed by atoms with Gasteiger partial charge < -0.3 is 4.74 Å². The van der Waals surface area contributed by atoms with Crippen molar-refractivity contribution in [3.05, 3.63) is 21.9 Å². The van der Waals surface area contributed by atoms with Gasteiger partial charge in [0.15, 0.2) is 0 Å². The van der Waals surface area contributed by atoms with Gasteiger partial charge in [-0.2, -0.15) is 0 Å². The highest BCUT2D eigenvalue weighted by Gasteiger charge is 2.43. The fourth-order valence-corrected chi connectivity index (χ4v) is 4.35. The van der Waals surface area contributed by atoms with Gasteiger partial charge in [-0.25, -0.2) is 5.43 Å². The standard InChI is InChI=1S/C14H24N2OS/c1-10-5-4-7-14(9-10,17-3)13(16-15)12-11(2)6-8-18-12/h6,8,10,13,16H,4-5,7,9,15H2,1-3H3. The molecule has 3 N–H and O–H groups in total. The van der Waals surface area contributed by atoms with Gasteiger partial charge in [0, 0.05) is 12.0 Å². The smallest absolute Gasteiger partial charge is 0.0896 e. The van der Waals surface area contributed by atoms with Gasteiger partial charge in [-0.05, 0) is 42.7 Å². The van der Waals surface area contributed by atoms with Gasteiger partial charge in [0.2, 0.25) is 0 Å². The lowest BCUT2D eigenvalue weighted by Crippen LogP contribution is -2.50. The van der Waals surface area contributed by atoms with Crippen LogP contribution in [0.2, 0.25) is 0 Å². The van der Waals surface area contributed by atoms with Crippen LogP contribution in [0.1, 0.15) is 49.1 Å². The second-order valence-electron chi connectivity index (χ2n) is 5.54. The van der Waals surface area contributed by atoms with Crippen molar-refractivity contribution < 1.29 is 4.74 Å². The van der Waals surface area contributed by atoms with Crippen LogP contribution in [0, 0.1) is 12.8 Å². The highest BCUT2D eigenvalue weighted by molar-refractivity contribution is 7.10. The van der Waals surface area contributed by atoms with E-state index in [1.165, 1.54) is 23.3 Å². The summed E-state index contributed by atoms with van der Waals surface area (Å²) in [5, 5.41) is 2.13. The topological polar surface area (TPSA) is 47.3 Å². The molecule has 1 aromatic heterocycles. The van der Waals surface area contributed by atoms with Crippen molar-refractivity contribution in [2.75, 3.05) is 7.11 Å². The largest absolute Gasteiger partial charge is 0.376 e. The predicted molar refractivity (Wildman–Crippen MR) is 76.5 cm³/mol. The van der Waals surface area contributed by atoms with E-state index in [9.17, 15) is 0 Å². The Labute approximate surface area is 114 Å². The maximum atomic E-state index is 5.95. The third kappa shape index (κ3) is 2.48. The van der Waals surface area contributed by atoms with Crippen molar-refractivity contribution in [3.8, 4) is 0 Å². The van der Waals surface area contributed by atoms with Crippen LogP contribution in [0.15, 0.2) is 11.4 Å². The molecule has 3 atom stereocenters. The van der Waals surface area contributed by atoms with Crippen molar-refractivity contribution in [1.82, 2.24) is 5.43 Å². The normalized spacial score (nSPS) is 30.3. The predicted octanol–water partition coefficient (Wildman–Crippen LogP) is 3.16. The minimum atomic E-state index is -0.151. The highest BCUT2D eigenvalue weighted by Crippen LogP contribution is 2.44. The second kappa shape index (κ2) is 5.70. The minimum absolute atomic E-state index is 0.102. The van der Waals surface area contributed by atoms with Gasteiger partial charge in [-0.3, -0.25) is 5.84 Å². The maximum absolute atomic E-state index is 5.95. The van der Waals surface area contributed by atoms with Gasteiger partial charge >= 0.3 is 0 Å². The van der Waals surface area contributed by atoms with Crippen molar-refractivity contribution in [1.29, 1.82) is 0 Å². The number of ether oxygens (including phenoxy) is 1. The van der Waals surface area contributed by atoms with Crippen molar-refractivity contribution in [2.24, 2.45) is 11.8 Å². The lowest BCUT2D eigenvalue weighted by molar-refractivity contribution is -0.0799. The molecule has 3 nitrogen and oxygen atoms in total. The maximum Gasteiger partial charge on any atom is 0.0896 e. The molecule has 4 heteroatoms. The Morgan fingerprint density at radius 1 is 1.61 bits per heavy atom. The summed E-state index contributed by atoms with van der Waals surface area (Å²) in [6.45, 7) is 4.45. The fraction of sp³-hybridized carbons (Fsp3) is 0.714. The Hall–Kier alpha value is -0.420. The van der Waals surface area contributed by atoms with E-state index in [0.29, 0.717) is 5.92 Å². The summed E-state index contributed by atoms with van der Waals surface area (Å²) >= 11 is 1.77. The molecule has 0 bridgehead atoms. The van der Waals surface area contributed by atoms with Crippen LogP contribution in [0.25, 0.3) is 0 Å². The van der Waals surface area contributed by atoms with Crippen LogP contribution in [-0.2, 0) is 4.74 Å². The van der Waals surface area contributed by atoms with Crippen LogP contribution in [-0.4, -0.2) is 12.7 Å². The lowest BCUT2D eigenvalue weighted by Gasteiger charge is -2.44. The number of hydrazine groups is 1. The lowest BCUT2D eigenvalue weighted by atomic mass is 9.74. The number of nitrogens with two attached hydrogens (primary N) is 1. The van der Waals surface area contributed by atoms with Crippen LogP contribution in [0.4, 0.5) is 0 Å². The Bertz CT molecular complexity index is 393. The monoisotopic (exact) mass is 268 g/mol. The van der Waals surface area contributed by atoms with Crippen LogP contribution < -0.4 is 11.3 Å². The number of hydrogen-bond donors (Lipinski definition) is 2. The van der Waals surface area contributed by atoms with E-state index in [4.69, 9.17) is 10.6 Å². The molecule has 0 aromatic carbocycles. The molecule has 1 aliphatic rings. The van der Waals surface area contributed by atoms with E-state index in [-0.39, 0.29) is 11.6 Å². The molecular weight excluding hydrogens is 244 g/mol. The average Bonchev–Trinajstić information content (AvgIpc) is 2.77. The average molecular weight is 268 g/mol. The number of methoxy groups -OCH3 is 1. The Morgan fingerprint density at radius 2 is 2.39 bits per heavy atom. The van der Waals surface area contributed by atoms with Crippen molar-refractivity contribution in [2.45, 2.75) is 51.2 Å². The molecule has 0 saturated heterocycles. The molecule has 102 valence electrons. The van der Waals surface area contributed by atoms with E-state index in [1.807, 2.05) is 7.11 Å². The molecule has 3 unspecified atom stereocenters. The summed E-state index contributed by atoms with van der Waals surface area (Å²) in [4.78, 5) is 1.31. The molecular formula is C14H24N2OS. The number of nitrogens with one attached hydrogen (secondary N) is 1. The van der Waals surface area contributed by atoms with Gasteiger partial charge in [0.05, 0.1) is 11.6 Å². The second-order valence-corrected chi connectivity index (χ2v) is 6.49. The molecule has 0 spiro atoms. The Kier molecular flexibility index (Phi) is 4.43. The summed E-state index contributed by atoms with van der Waals surface area (Å²) in [6.07, 6.45) is 4.68. The zero-order valence-corrected chi connectivity index (χ0v) is 12.3. The van der Waals surface area contributed by atoms with Crippen LogP contribution >= 0.6 is 11.3 Å². The number of aryl methyl sites for hydroxylation is 1. The summed E-state index contributed by atoms with van der Waals surface area (Å²) in [7, 11) is 1.82. The van der Waals surface area contributed by atoms with Crippen molar-refractivity contribution >= 4 is 11.3 Å². The molecule has 1 aliphatic carbocycles. The fourth-order valence-electron chi connectivity index (χ4n) is 3.26. The molecule has 1 saturated carbocycles. The van der Waals surface area contributed by atoms with E-state index >= 15 is 0 Å². The molecule has 1 fully saturated rings. The number of rotatable bonds is 4. The summed E-state index contributed by atoms with van der Waals surface area (Å²) in [6, 6.07) is 2.25. The number of thiophene rings is 1. The molecule has 0 aliphatic heterocycles. The van der Waals surface area contributed by atoms with Gasteiger partial charge in [-0.15, -0.1) is 11.3 Å². The van der Waals surface area contributed by atoms with E-state index in [1.54, 1.807) is 11.3 Å². The zero-order chi connectivity index (χ0) is 13.2. The van der Waals surface area contributed by atoms with E-state index < -0.39 is 0 Å². The van der Waals surface area contributed by atoms with Crippen LogP contribution in [0.3, 0.4) is 0 Å². The molecule has 2 rings (SSSR count).